The fourth-order valence-corrected chi connectivity index (χ4v) is 3.75. The average Bonchev–Trinajstić information content (AvgIpc) is 2.89. The van der Waals surface area contributed by atoms with E-state index in [0.29, 0.717) is 53.9 Å². The Morgan fingerprint density at radius 1 is 0.972 bits per heavy atom. The number of carbonyl (C=O) groups is 2. The predicted molar refractivity (Wildman–Crippen MR) is 138 cm³/mol. The van der Waals surface area contributed by atoms with Gasteiger partial charge in [0.1, 0.15) is 29.6 Å². The summed E-state index contributed by atoms with van der Waals surface area (Å²) < 4.78 is 22.1. The van der Waals surface area contributed by atoms with Gasteiger partial charge in [-0.25, -0.2) is 0 Å². The number of rotatable bonds is 11. The van der Waals surface area contributed by atoms with Gasteiger partial charge in [0, 0.05) is 17.1 Å². The minimum absolute atomic E-state index is 0.0478. The van der Waals surface area contributed by atoms with Crippen molar-refractivity contribution < 1.29 is 28.5 Å². The van der Waals surface area contributed by atoms with E-state index < -0.39 is 0 Å². The molecule has 0 unspecified atom stereocenters. The molecule has 4 rings (SSSR count). The van der Waals surface area contributed by atoms with Crippen molar-refractivity contribution in [2.45, 2.75) is 12.8 Å². The summed E-state index contributed by atoms with van der Waals surface area (Å²) in [5.41, 5.74) is 1.17. The first-order valence-electron chi connectivity index (χ1n) is 11.5. The fraction of sp³-hybridized carbons (Fsp3) is 0.259. The van der Waals surface area contributed by atoms with Crippen LogP contribution < -0.4 is 29.2 Å². The zero-order valence-electron chi connectivity index (χ0n) is 19.9. The molecule has 1 aliphatic rings. The largest absolute Gasteiger partial charge is 0.497 e. The van der Waals surface area contributed by atoms with E-state index in [4.69, 9.17) is 30.5 Å². The molecule has 8 nitrogen and oxygen atoms in total. The van der Waals surface area contributed by atoms with Crippen molar-refractivity contribution in [2.75, 3.05) is 43.7 Å². The van der Waals surface area contributed by atoms with E-state index in [2.05, 4.69) is 5.32 Å². The van der Waals surface area contributed by atoms with Crippen LogP contribution in [-0.2, 0) is 9.59 Å². The molecule has 3 aromatic rings. The van der Waals surface area contributed by atoms with Gasteiger partial charge in [-0.3, -0.25) is 9.59 Å². The van der Waals surface area contributed by atoms with Gasteiger partial charge in [-0.15, -0.1) is 0 Å². The molecule has 0 spiro atoms. The molecule has 9 heteroatoms. The highest BCUT2D eigenvalue weighted by Gasteiger charge is 2.26. The second kappa shape index (κ2) is 12.2. The topological polar surface area (TPSA) is 86.3 Å². The summed E-state index contributed by atoms with van der Waals surface area (Å²) in [6, 6.07) is 19.5. The van der Waals surface area contributed by atoms with E-state index in [1.165, 1.54) is 0 Å². The molecule has 0 fully saturated rings. The lowest BCUT2D eigenvalue weighted by Crippen LogP contribution is -2.41. The number of carbonyl (C=O) groups excluding carboxylic acids is 2. The van der Waals surface area contributed by atoms with Gasteiger partial charge < -0.3 is 29.2 Å². The third-order valence-electron chi connectivity index (χ3n) is 5.46. The molecule has 0 radical (unpaired) electrons. The molecule has 0 aliphatic carbocycles. The molecular weight excluding hydrogens is 484 g/mol. The number of hydrogen-bond donors (Lipinski definition) is 1. The number of fused-ring (bicyclic) bond motifs is 1. The van der Waals surface area contributed by atoms with Crippen molar-refractivity contribution in [2.24, 2.45) is 0 Å². The second-order valence-corrected chi connectivity index (χ2v) is 8.43. The number of nitrogens with zero attached hydrogens (tertiary/aromatic N) is 1. The number of nitrogens with one attached hydrogen (secondary N) is 1. The van der Waals surface area contributed by atoms with Crippen molar-refractivity contribution in [3.8, 4) is 23.0 Å². The standard InChI is InChI=1S/C27H27ClN2O6/c1-33-21-9-11-23(12-10-21)34-15-2-3-26(31)29-20-6-13-25-24(17-20)30(27(32)18-36-25)14-16-35-22-7-4-19(28)5-8-22/h4-13,17H,2-3,14-16,18H2,1H3,(H,29,31). The van der Waals surface area contributed by atoms with Crippen molar-refractivity contribution in [1.82, 2.24) is 0 Å². The van der Waals surface area contributed by atoms with Crippen LogP contribution >= 0.6 is 11.6 Å². The van der Waals surface area contributed by atoms with E-state index in [9.17, 15) is 9.59 Å². The van der Waals surface area contributed by atoms with E-state index in [1.54, 1.807) is 54.5 Å². The molecule has 3 aromatic carbocycles. The maximum atomic E-state index is 12.5. The molecule has 0 saturated heterocycles. The number of benzene rings is 3. The van der Waals surface area contributed by atoms with E-state index in [1.807, 2.05) is 24.3 Å². The van der Waals surface area contributed by atoms with Crippen LogP contribution in [0.1, 0.15) is 12.8 Å². The Labute approximate surface area is 214 Å². The summed E-state index contributed by atoms with van der Waals surface area (Å²) in [6.45, 7) is 0.983. The lowest BCUT2D eigenvalue weighted by molar-refractivity contribution is -0.121. The highest BCUT2D eigenvalue weighted by Crippen LogP contribution is 2.34. The zero-order chi connectivity index (χ0) is 25.3. The SMILES string of the molecule is COc1ccc(OCCCC(=O)Nc2ccc3c(c2)N(CCOc2ccc(Cl)cc2)C(=O)CO3)cc1. The van der Waals surface area contributed by atoms with Gasteiger partial charge in [-0.1, -0.05) is 11.6 Å². The molecule has 0 bridgehead atoms. The number of amides is 2. The van der Waals surface area contributed by atoms with Gasteiger partial charge in [0.15, 0.2) is 6.61 Å². The predicted octanol–water partition coefficient (Wildman–Crippen LogP) is 4.95. The number of halogens is 1. The molecule has 1 aliphatic heterocycles. The summed E-state index contributed by atoms with van der Waals surface area (Å²) in [4.78, 5) is 26.6. The number of anilines is 2. The van der Waals surface area contributed by atoms with E-state index in [-0.39, 0.29) is 25.0 Å². The third kappa shape index (κ3) is 6.82. The normalized spacial score (nSPS) is 12.4. The summed E-state index contributed by atoms with van der Waals surface area (Å²) in [7, 11) is 1.61. The molecule has 2 amide bonds. The summed E-state index contributed by atoms with van der Waals surface area (Å²) in [6.07, 6.45) is 0.847. The van der Waals surface area contributed by atoms with Crippen molar-refractivity contribution in [1.29, 1.82) is 0 Å². The maximum Gasteiger partial charge on any atom is 0.265 e. The second-order valence-electron chi connectivity index (χ2n) is 7.99. The van der Waals surface area contributed by atoms with Crippen LogP contribution in [0.3, 0.4) is 0 Å². The lowest BCUT2D eigenvalue weighted by Gasteiger charge is -2.29. The van der Waals surface area contributed by atoms with Crippen molar-refractivity contribution in [3.63, 3.8) is 0 Å². The van der Waals surface area contributed by atoms with Crippen LogP contribution in [0.5, 0.6) is 23.0 Å². The lowest BCUT2D eigenvalue weighted by atomic mass is 10.2. The summed E-state index contributed by atoms with van der Waals surface area (Å²) in [5.74, 6) is 2.39. The van der Waals surface area contributed by atoms with Crippen LogP contribution in [0.15, 0.2) is 66.7 Å². The zero-order valence-corrected chi connectivity index (χ0v) is 20.6. The van der Waals surface area contributed by atoms with Gasteiger partial charge in [0.25, 0.3) is 5.91 Å². The van der Waals surface area contributed by atoms with Crippen LogP contribution in [0.4, 0.5) is 11.4 Å². The minimum atomic E-state index is -0.179. The first-order valence-corrected chi connectivity index (χ1v) is 11.9. The first-order chi connectivity index (χ1) is 17.5. The Kier molecular flexibility index (Phi) is 8.52. The summed E-state index contributed by atoms with van der Waals surface area (Å²) in [5, 5.41) is 3.50. The van der Waals surface area contributed by atoms with E-state index in [0.717, 1.165) is 11.5 Å². The van der Waals surface area contributed by atoms with Crippen LogP contribution in [-0.4, -0.2) is 45.3 Å². The third-order valence-corrected chi connectivity index (χ3v) is 5.71. The van der Waals surface area contributed by atoms with Crippen LogP contribution in [0, 0.1) is 0 Å². The molecule has 1 heterocycles. The molecule has 0 saturated carbocycles. The van der Waals surface area contributed by atoms with Crippen LogP contribution in [0.2, 0.25) is 5.02 Å². The Morgan fingerprint density at radius 2 is 1.64 bits per heavy atom. The molecule has 1 N–H and O–H groups in total. The molecule has 188 valence electrons. The average molecular weight is 511 g/mol. The molecule has 0 aromatic heterocycles. The van der Waals surface area contributed by atoms with Gasteiger partial charge in [0.05, 0.1) is 25.9 Å². The Hall–Kier alpha value is -3.91. The quantitative estimate of drug-likeness (QED) is 0.367. The number of ether oxygens (including phenoxy) is 4. The minimum Gasteiger partial charge on any atom is -0.497 e. The van der Waals surface area contributed by atoms with Crippen molar-refractivity contribution in [3.05, 3.63) is 71.8 Å². The molecule has 36 heavy (non-hydrogen) atoms. The Morgan fingerprint density at radius 3 is 2.36 bits per heavy atom. The fourth-order valence-electron chi connectivity index (χ4n) is 3.63. The highest BCUT2D eigenvalue weighted by atomic mass is 35.5. The summed E-state index contributed by atoms with van der Waals surface area (Å²) >= 11 is 5.90. The van der Waals surface area contributed by atoms with Crippen molar-refractivity contribution >= 4 is 34.8 Å². The van der Waals surface area contributed by atoms with Gasteiger partial charge >= 0.3 is 0 Å². The van der Waals surface area contributed by atoms with Gasteiger partial charge in [0.2, 0.25) is 5.91 Å². The van der Waals surface area contributed by atoms with E-state index >= 15 is 0 Å². The molecular formula is C27H27ClN2O6. The Bertz CT molecular complexity index is 1180. The smallest absolute Gasteiger partial charge is 0.265 e. The van der Waals surface area contributed by atoms with Gasteiger partial charge in [-0.05, 0) is 73.2 Å². The number of methoxy groups -OCH3 is 1. The molecule has 0 atom stereocenters. The monoisotopic (exact) mass is 510 g/mol. The Balaban J connectivity index is 1.28. The van der Waals surface area contributed by atoms with Gasteiger partial charge in [-0.2, -0.15) is 0 Å². The highest BCUT2D eigenvalue weighted by molar-refractivity contribution is 6.30. The van der Waals surface area contributed by atoms with Crippen LogP contribution in [0.25, 0.3) is 0 Å². The number of hydrogen-bond acceptors (Lipinski definition) is 6. The maximum absolute atomic E-state index is 12.5. The first kappa shape index (κ1) is 25.2.